The van der Waals surface area contributed by atoms with E-state index in [0.29, 0.717) is 18.9 Å². The first kappa shape index (κ1) is 16.3. The highest BCUT2D eigenvalue weighted by atomic mass is 16.4. The van der Waals surface area contributed by atoms with Crippen molar-refractivity contribution in [3.05, 3.63) is 0 Å². The van der Waals surface area contributed by atoms with E-state index in [9.17, 15) is 14.7 Å². The number of hydrogen-bond donors (Lipinski definition) is 3. The lowest BCUT2D eigenvalue weighted by Crippen LogP contribution is -2.52. The minimum absolute atomic E-state index is 0.00162. The van der Waals surface area contributed by atoms with Crippen molar-refractivity contribution < 1.29 is 14.7 Å². The molecule has 1 saturated carbocycles. The summed E-state index contributed by atoms with van der Waals surface area (Å²) in [4.78, 5) is 23.6. The summed E-state index contributed by atoms with van der Waals surface area (Å²) in [7, 11) is 0. The Labute approximate surface area is 126 Å². The summed E-state index contributed by atoms with van der Waals surface area (Å²) in [5, 5.41) is 15.9. The van der Waals surface area contributed by atoms with Gasteiger partial charge in [-0.25, -0.2) is 0 Å². The van der Waals surface area contributed by atoms with Gasteiger partial charge in [0.05, 0.1) is 5.41 Å². The molecule has 2 rings (SSSR count). The summed E-state index contributed by atoms with van der Waals surface area (Å²) in [6.07, 6.45) is 8.29. The van der Waals surface area contributed by atoms with Gasteiger partial charge in [0.15, 0.2) is 0 Å². The predicted molar refractivity (Wildman–Crippen MR) is 81.0 cm³/mol. The van der Waals surface area contributed by atoms with Crippen molar-refractivity contribution in [1.82, 2.24) is 10.6 Å². The maximum Gasteiger partial charge on any atom is 0.311 e. The molecule has 3 N–H and O–H groups in total. The normalized spacial score (nSPS) is 33.4. The molecule has 0 radical (unpaired) electrons. The Balaban J connectivity index is 1.81. The van der Waals surface area contributed by atoms with Crippen LogP contribution in [0.15, 0.2) is 0 Å². The number of carboxylic acids is 1. The van der Waals surface area contributed by atoms with Crippen molar-refractivity contribution in [2.24, 2.45) is 5.41 Å². The number of rotatable bonds is 5. The van der Waals surface area contributed by atoms with E-state index in [4.69, 9.17) is 0 Å². The third-order valence-corrected chi connectivity index (χ3v) is 5.16. The minimum atomic E-state index is -0.809. The van der Waals surface area contributed by atoms with Crippen molar-refractivity contribution in [2.75, 3.05) is 6.54 Å². The first-order valence-corrected chi connectivity index (χ1v) is 8.28. The minimum Gasteiger partial charge on any atom is -0.481 e. The van der Waals surface area contributed by atoms with E-state index in [0.717, 1.165) is 38.6 Å². The fraction of sp³-hybridized carbons (Fsp3) is 0.875. The van der Waals surface area contributed by atoms with Crippen LogP contribution in [0, 0.1) is 5.41 Å². The van der Waals surface area contributed by atoms with E-state index in [1.807, 2.05) is 0 Å². The second-order valence-electron chi connectivity index (χ2n) is 6.77. The second-order valence-corrected chi connectivity index (χ2v) is 6.77. The van der Waals surface area contributed by atoms with Gasteiger partial charge in [-0.2, -0.15) is 0 Å². The van der Waals surface area contributed by atoms with E-state index in [1.165, 1.54) is 12.8 Å². The lowest BCUT2D eigenvalue weighted by molar-refractivity contribution is -0.152. The molecule has 1 heterocycles. The number of carbonyl (C=O) groups is 2. The number of piperidine rings is 1. The SMILES string of the molecule is CC1(C(=O)O)CCCCC1NC(=O)CCC1CCCCN1. The molecule has 0 aromatic rings. The molecule has 1 aliphatic heterocycles. The van der Waals surface area contributed by atoms with E-state index in [2.05, 4.69) is 10.6 Å². The average molecular weight is 296 g/mol. The number of aliphatic carboxylic acids is 1. The highest BCUT2D eigenvalue weighted by molar-refractivity contribution is 5.80. The van der Waals surface area contributed by atoms with E-state index < -0.39 is 11.4 Å². The lowest BCUT2D eigenvalue weighted by atomic mass is 9.71. The summed E-state index contributed by atoms with van der Waals surface area (Å²) in [6.45, 7) is 2.81. The monoisotopic (exact) mass is 296 g/mol. The quantitative estimate of drug-likeness (QED) is 0.725. The molecule has 0 aromatic carbocycles. The van der Waals surface area contributed by atoms with Crippen LogP contribution < -0.4 is 10.6 Å². The predicted octanol–water partition coefficient (Wildman–Crippen LogP) is 2.06. The molecular weight excluding hydrogens is 268 g/mol. The molecule has 1 saturated heterocycles. The van der Waals surface area contributed by atoms with Gasteiger partial charge in [-0.3, -0.25) is 9.59 Å². The van der Waals surface area contributed by atoms with Crippen LogP contribution in [0.25, 0.3) is 0 Å². The Morgan fingerprint density at radius 3 is 2.67 bits per heavy atom. The van der Waals surface area contributed by atoms with Crippen LogP contribution >= 0.6 is 0 Å². The zero-order chi connectivity index (χ0) is 15.3. The summed E-state index contributed by atoms with van der Waals surface area (Å²) in [5.74, 6) is -0.789. The van der Waals surface area contributed by atoms with Crippen molar-refractivity contribution >= 4 is 11.9 Å². The maximum absolute atomic E-state index is 12.1. The van der Waals surface area contributed by atoms with Crippen molar-refractivity contribution in [1.29, 1.82) is 0 Å². The Morgan fingerprint density at radius 2 is 2.00 bits per heavy atom. The fourth-order valence-corrected chi connectivity index (χ4v) is 3.56. The number of carbonyl (C=O) groups excluding carboxylic acids is 1. The Bertz CT molecular complexity index is 380. The van der Waals surface area contributed by atoms with Crippen LogP contribution in [0.5, 0.6) is 0 Å². The lowest BCUT2D eigenvalue weighted by Gasteiger charge is -2.38. The summed E-state index contributed by atoms with van der Waals surface area (Å²) in [6, 6.07) is 0.220. The summed E-state index contributed by atoms with van der Waals surface area (Å²) < 4.78 is 0. The molecule has 5 nitrogen and oxygen atoms in total. The zero-order valence-corrected chi connectivity index (χ0v) is 13.0. The van der Waals surface area contributed by atoms with Crippen LogP contribution in [-0.4, -0.2) is 35.6 Å². The zero-order valence-electron chi connectivity index (χ0n) is 13.0. The number of carboxylic acid groups (broad SMARTS) is 1. The third kappa shape index (κ3) is 4.19. The molecule has 1 aliphatic carbocycles. The molecule has 3 atom stereocenters. The van der Waals surface area contributed by atoms with Crippen LogP contribution in [-0.2, 0) is 9.59 Å². The molecule has 120 valence electrons. The van der Waals surface area contributed by atoms with Crippen LogP contribution in [0.2, 0.25) is 0 Å². The first-order valence-electron chi connectivity index (χ1n) is 8.28. The molecule has 0 aromatic heterocycles. The second kappa shape index (κ2) is 7.25. The van der Waals surface area contributed by atoms with Crippen LogP contribution in [0.4, 0.5) is 0 Å². The van der Waals surface area contributed by atoms with Gasteiger partial charge in [0.25, 0.3) is 0 Å². The van der Waals surface area contributed by atoms with E-state index in [-0.39, 0.29) is 11.9 Å². The topological polar surface area (TPSA) is 78.4 Å². The third-order valence-electron chi connectivity index (χ3n) is 5.16. The Hall–Kier alpha value is -1.10. The summed E-state index contributed by atoms with van der Waals surface area (Å²) >= 11 is 0. The van der Waals surface area contributed by atoms with Gasteiger partial charge in [0.2, 0.25) is 5.91 Å². The molecule has 1 amide bonds. The van der Waals surface area contributed by atoms with Gasteiger partial charge in [-0.1, -0.05) is 19.3 Å². The molecular formula is C16H28N2O3. The average Bonchev–Trinajstić information content (AvgIpc) is 2.48. The van der Waals surface area contributed by atoms with Gasteiger partial charge in [0.1, 0.15) is 0 Å². The number of amides is 1. The fourth-order valence-electron chi connectivity index (χ4n) is 3.56. The van der Waals surface area contributed by atoms with Crippen LogP contribution in [0.3, 0.4) is 0 Å². The Morgan fingerprint density at radius 1 is 1.24 bits per heavy atom. The summed E-state index contributed by atoms with van der Waals surface area (Å²) in [5.41, 5.74) is -0.809. The number of nitrogens with one attached hydrogen (secondary N) is 2. The number of hydrogen-bond acceptors (Lipinski definition) is 3. The molecule has 0 spiro atoms. The smallest absolute Gasteiger partial charge is 0.311 e. The van der Waals surface area contributed by atoms with Gasteiger partial charge >= 0.3 is 5.97 Å². The van der Waals surface area contributed by atoms with Gasteiger partial charge < -0.3 is 15.7 Å². The van der Waals surface area contributed by atoms with E-state index in [1.54, 1.807) is 6.92 Å². The largest absolute Gasteiger partial charge is 0.481 e. The molecule has 2 fully saturated rings. The maximum atomic E-state index is 12.1. The molecule has 5 heteroatoms. The molecule has 2 aliphatic rings. The standard InChI is InChI=1S/C16H28N2O3/c1-16(15(20)21)10-4-2-7-13(16)18-14(19)9-8-12-6-3-5-11-17-12/h12-13,17H,2-11H2,1H3,(H,18,19)(H,20,21). The van der Waals surface area contributed by atoms with E-state index >= 15 is 0 Å². The van der Waals surface area contributed by atoms with Crippen LogP contribution in [0.1, 0.15) is 64.7 Å². The first-order chi connectivity index (χ1) is 10.0. The highest BCUT2D eigenvalue weighted by Gasteiger charge is 2.43. The van der Waals surface area contributed by atoms with Crippen molar-refractivity contribution in [2.45, 2.75) is 76.8 Å². The molecule has 0 bridgehead atoms. The molecule has 21 heavy (non-hydrogen) atoms. The van der Waals surface area contributed by atoms with Gasteiger partial charge in [-0.15, -0.1) is 0 Å². The van der Waals surface area contributed by atoms with Crippen molar-refractivity contribution in [3.8, 4) is 0 Å². The molecule has 3 unspecified atom stereocenters. The van der Waals surface area contributed by atoms with Crippen molar-refractivity contribution in [3.63, 3.8) is 0 Å². The van der Waals surface area contributed by atoms with Gasteiger partial charge in [0, 0.05) is 18.5 Å². The Kier molecular flexibility index (Phi) is 5.62. The van der Waals surface area contributed by atoms with Gasteiger partial charge in [-0.05, 0) is 45.6 Å². The highest BCUT2D eigenvalue weighted by Crippen LogP contribution is 2.36.